The van der Waals surface area contributed by atoms with E-state index in [0.29, 0.717) is 0 Å². The fraction of sp³-hybridized carbons (Fsp3) is 0.206. The highest BCUT2D eigenvalue weighted by Crippen LogP contribution is 2.39. The largest absolute Gasteiger partial charge is 0.345 e. The zero-order chi connectivity index (χ0) is 25.6. The van der Waals surface area contributed by atoms with Crippen LogP contribution in [0.1, 0.15) is 42.6 Å². The molecular weight excluding hydrogens is 475 g/mol. The molecule has 38 heavy (non-hydrogen) atoms. The molecule has 0 saturated heterocycles. The average molecular weight is 511 g/mol. The fourth-order valence-corrected chi connectivity index (χ4v) is 12.5. The van der Waals surface area contributed by atoms with E-state index in [1.54, 1.807) is 10.4 Å². The Hall–Kier alpha value is -3.63. The van der Waals surface area contributed by atoms with Crippen molar-refractivity contribution >= 4 is 31.5 Å². The second kappa shape index (κ2) is 11.4. The number of hydrogen-bond acceptors (Lipinski definition) is 1. The zero-order valence-corrected chi connectivity index (χ0v) is 23.0. The maximum atomic E-state index is 4.99. The molecule has 0 amide bonds. The predicted octanol–water partition coefficient (Wildman–Crippen LogP) is 5.48. The SMILES string of the molecule is B(c1nccn1C[Si](c1ccccc1)(c1ccccc1)C1CCCC1)C(c1ccccc1)c1ccccc1. The van der Waals surface area contributed by atoms with Gasteiger partial charge in [-0.05, 0) is 22.5 Å². The third-order valence-corrected chi connectivity index (χ3v) is 14.2. The van der Waals surface area contributed by atoms with Crippen LogP contribution in [0, 0.1) is 0 Å². The van der Waals surface area contributed by atoms with Gasteiger partial charge < -0.3 is 4.57 Å². The summed E-state index contributed by atoms with van der Waals surface area (Å²) in [5.74, 6) is 0.273. The van der Waals surface area contributed by atoms with Gasteiger partial charge in [-0.2, -0.15) is 0 Å². The summed E-state index contributed by atoms with van der Waals surface area (Å²) in [6, 6.07) is 44.8. The molecule has 1 aliphatic rings. The topological polar surface area (TPSA) is 17.8 Å². The van der Waals surface area contributed by atoms with Crippen LogP contribution in [0.25, 0.3) is 0 Å². The van der Waals surface area contributed by atoms with Crippen LogP contribution in [0.15, 0.2) is 134 Å². The first-order valence-corrected chi connectivity index (χ1v) is 16.3. The summed E-state index contributed by atoms with van der Waals surface area (Å²) in [4.78, 5) is 4.99. The van der Waals surface area contributed by atoms with E-state index in [1.165, 1.54) is 42.5 Å². The highest BCUT2D eigenvalue weighted by molar-refractivity contribution is 7.02. The van der Waals surface area contributed by atoms with E-state index in [0.717, 1.165) is 19.0 Å². The van der Waals surface area contributed by atoms with Gasteiger partial charge >= 0.3 is 0 Å². The van der Waals surface area contributed by atoms with Gasteiger partial charge in [-0.3, -0.25) is 4.98 Å². The lowest BCUT2D eigenvalue weighted by atomic mass is 9.58. The molecular formula is C34H35BN2Si. The van der Waals surface area contributed by atoms with Crippen LogP contribution in [0.2, 0.25) is 5.54 Å². The normalized spacial score (nSPS) is 14.1. The maximum absolute atomic E-state index is 4.99. The molecule has 6 rings (SSSR count). The van der Waals surface area contributed by atoms with Crippen LogP contribution in [-0.2, 0) is 6.17 Å². The summed E-state index contributed by atoms with van der Waals surface area (Å²) in [5, 5.41) is 3.11. The molecule has 188 valence electrons. The molecule has 0 atom stereocenters. The number of aromatic nitrogens is 2. The summed E-state index contributed by atoms with van der Waals surface area (Å²) in [5.41, 5.74) is 4.61. The molecule has 1 aliphatic carbocycles. The molecule has 0 aliphatic heterocycles. The van der Waals surface area contributed by atoms with Crippen molar-refractivity contribution in [2.45, 2.75) is 43.2 Å². The predicted molar refractivity (Wildman–Crippen MR) is 164 cm³/mol. The van der Waals surface area contributed by atoms with Crippen LogP contribution < -0.4 is 16.1 Å². The number of hydrogen-bond donors (Lipinski definition) is 0. The lowest BCUT2D eigenvalue weighted by molar-refractivity contribution is 0.792. The second-order valence-electron chi connectivity index (χ2n) is 10.7. The molecule has 1 fully saturated rings. The van der Waals surface area contributed by atoms with E-state index in [9.17, 15) is 0 Å². The number of rotatable bonds is 9. The quantitative estimate of drug-likeness (QED) is 0.240. The van der Waals surface area contributed by atoms with Gasteiger partial charge in [0.25, 0.3) is 0 Å². The fourth-order valence-electron chi connectivity index (χ4n) is 6.76. The highest BCUT2D eigenvalue weighted by atomic mass is 28.3. The standard InChI is InChI=1S/C34H35BN2Si/c1-5-15-28(16-6-1)33(29-17-7-2-8-18-29)35-34-36-25-26-37(34)27-38(32-23-13-14-24-32,30-19-9-3-10-20-30)31-21-11-4-12-22-31/h1-12,15-22,25-26,32-33,35H,13-14,23-24,27H2. The summed E-state index contributed by atoms with van der Waals surface area (Å²) in [7, 11) is -1.25. The van der Waals surface area contributed by atoms with Crippen molar-refractivity contribution in [1.82, 2.24) is 9.55 Å². The number of nitrogens with zero attached hydrogens (tertiary/aromatic N) is 2. The van der Waals surface area contributed by atoms with Gasteiger partial charge in [-0.25, -0.2) is 0 Å². The van der Waals surface area contributed by atoms with E-state index in [1.807, 2.05) is 6.20 Å². The molecule has 5 aromatic rings. The third-order valence-electron chi connectivity index (χ3n) is 8.64. The van der Waals surface area contributed by atoms with E-state index >= 15 is 0 Å². The smallest absolute Gasteiger partial charge is 0.217 e. The van der Waals surface area contributed by atoms with Gasteiger partial charge in [0, 0.05) is 18.6 Å². The van der Waals surface area contributed by atoms with Gasteiger partial charge in [-0.1, -0.05) is 157 Å². The molecule has 0 unspecified atom stereocenters. The lowest BCUT2D eigenvalue weighted by Crippen LogP contribution is -2.65. The van der Waals surface area contributed by atoms with Crippen molar-refractivity contribution in [2.24, 2.45) is 0 Å². The van der Waals surface area contributed by atoms with Crippen molar-refractivity contribution < 1.29 is 0 Å². The Bertz CT molecular complexity index is 1340. The lowest BCUT2D eigenvalue weighted by Gasteiger charge is -2.39. The van der Waals surface area contributed by atoms with Gasteiger partial charge in [0.05, 0.1) is 5.72 Å². The van der Waals surface area contributed by atoms with Gasteiger partial charge in [0.1, 0.15) is 8.07 Å². The van der Waals surface area contributed by atoms with Gasteiger partial charge in [-0.15, -0.1) is 0 Å². The highest BCUT2D eigenvalue weighted by Gasteiger charge is 2.46. The van der Waals surface area contributed by atoms with E-state index in [2.05, 4.69) is 132 Å². The minimum Gasteiger partial charge on any atom is -0.345 e. The van der Waals surface area contributed by atoms with Gasteiger partial charge in [0.2, 0.25) is 7.28 Å². The number of imidazole rings is 1. The Labute approximate surface area is 228 Å². The van der Waals surface area contributed by atoms with Crippen molar-refractivity contribution in [3.8, 4) is 0 Å². The molecule has 4 heteroatoms. The Kier molecular flexibility index (Phi) is 7.41. The van der Waals surface area contributed by atoms with E-state index in [4.69, 9.17) is 4.98 Å². The summed E-state index contributed by atoms with van der Waals surface area (Å²) >= 11 is 0. The second-order valence-corrected chi connectivity index (χ2v) is 15.0. The van der Waals surface area contributed by atoms with Crippen LogP contribution >= 0.6 is 0 Å². The maximum Gasteiger partial charge on any atom is 0.217 e. The Morgan fingerprint density at radius 1 is 0.684 bits per heavy atom. The Balaban J connectivity index is 1.43. The Morgan fingerprint density at radius 2 is 1.16 bits per heavy atom. The van der Waals surface area contributed by atoms with Crippen molar-refractivity contribution in [2.75, 3.05) is 0 Å². The molecule has 1 heterocycles. The molecule has 0 bridgehead atoms. The van der Waals surface area contributed by atoms with E-state index in [-0.39, 0.29) is 5.82 Å². The molecule has 4 aromatic carbocycles. The molecule has 0 spiro atoms. The molecule has 1 aromatic heterocycles. The summed E-state index contributed by atoms with van der Waals surface area (Å²) in [6.45, 7) is 0. The van der Waals surface area contributed by atoms with E-state index < -0.39 is 8.07 Å². The molecule has 0 radical (unpaired) electrons. The summed E-state index contributed by atoms with van der Waals surface area (Å²) in [6.07, 6.45) is 10.7. The van der Waals surface area contributed by atoms with Crippen LogP contribution in [-0.4, -0.2) is 24.9 Å². The van der Waals surface area contributed by atoms with Crippen molar-refractivity contribution in [3.05, 3.63) is 145 Å². The first-order chi connectivity index (χ1) is 18.8. The Morgan fingerprint density at radius 3 is 1.66 bits per heavy atom. The first kappa shape index (κ1) is 24.7. The van der Waals surface area contributed by atoms with Crippen LogP contribution in [0.5, 0.6) is 0 Å². The van der Waals surface area contributed by atoms with Crippen molar-refractivity contribution in [1.29, 1.82) is 0 Å². The van der Waals surface area contributed by atoms with Crippen molar-refractivity contribution in [3.63, 3.8) is 0 Å². The monoisotopic (exact) mass is 510 g/mol. The molecule has 2 nitrogen and oxygen atoms in total. The number of benzene rings is 4. The average Bonchev–Trinajstić information content (AvgIpc) is 3.69. The first-order valence-electron chi connectivity index (χ1n) is 14.1. The van der Waals surface area contributed by atoms with Crippen LogP contribution in [0.4, 0.5) is 0 Å². The van der Waals surface area contributed by atoms with Gasteiger partial charge in [0.15, 0.2) is 0 Å². The zero-order valence-electron chi connectivity index (χ0n) is 22.0. The molecule has 0 N–H and O–H groups in total. The molecule has 1 saturated carbocycles. The minimum atomic E-state index is -2.14. The minimum absolute atomic E-state index is 0.273. The van der Waals surface area contributed by atoms with Crippen LogP contribution in [0.3, 0.4) is 0 Å². The summed E-state index contributed by atoms with van der Waals surface area (Å²) < 4.78 is 2.52. The third kappa shape index (κ3) is 4.93.